The lowest BCUT2D eigenvalue weighted by atomic mass is 10.1. The third kappa shape index (κ3) is 4.08. The molecule has 0 unspecified atom stereocenters. The Balaban J connectivity index is 2.10. The van der Waals surface area contributed by atoms with Crippen LogP contribution in [0.4, 0.5) is 0 Å². The number of hydrogen-bond acceptors (Lipinski definition) is 4. The highest BCUT2D eigenvalue weighted by molar-refractivity contribution is 7.98. The van der Waals surface area contributed by atoms with Crippen LogP contribution in [0.25, 0.3) is 10.6 Å². The number of carboxylic acids is 1. The topological polar surface area (TPSA) is 50.2 Å². The number of nitrogens with zero attached hydrogens (tertiary/aromatic N) is 1. The van der Waals surface area contributed by atoms with E-state index in [-0.39, 0.29) is 5.69 Å². The zero-order valence-electron chi connectivity index (χ0n) is 11.5. The minimum absolute atomic E-state index is 0.115. The van der Waals surface area contributed by atoms with Gasteiger partial charge in [0, 0.05) is 16.7 Å². The largest absolute Gasteiger partial charge is 0.476 e. The molecule has 1 heterocycles. The molecule has 0 aliphatic carbocycles. The number of benzene rings is 1. The zero-order valence-corrected chi connectivity index (χ0v) is 13.1. The average Bonchev–Trinajstić information content (AvgIpc) is 2.88. The summed E-state index contributed by atoms with van der Waals surface area (Å²) in [5.41, 5.74) is 2.36. The van der Waals surface area contributed by atoms with E-state index in [4.69, 9.17) is 5.11 Å². The Morgan fingerprint density at radius 1 is 1.45 bits per heavy atom. The molecule has 20 heavy (non-hydrogen) atoms. The first-order valence-electron chi connectivity index (χ1n) is 6.42. The normalized spacial score (nSPS) is 10.9. The number of aromatic nitrogens is 1. The molecule has 2 rings (SSSR count). The average molecular weight is 307 g/mol. The number of rotatable bonds is 6. The van der Waals surface area contributed by atoms with Crippen LogP contribution in [0.5, 0.6) is 0 Å². The van der Waals surface area contributed by atoms with Crippen molar-refractivity contribution < 1.29 is 9.90 Å². The number of carboxylic acid groups (broad SMARTS) is 1. The van der Waals surface area contributed by atoms with Gasteiger partial charge in [0.2, 0.25) is 0 Å². The Kier molecular flexibility index (Phi) is 5.20. The maximum Gasteiger partial charge on any atom is 0.355 e. The molecule has 1 aromatic carbocycles. The monoisotopic (exact) mass is 307 g/mol. The minimum atomic E-state index is -0.976. The number of aromatic carboxylic acids is 1. The van der Waals surface area contributed by atoms with Gasteiger partial charge in [-0.2, -0.15) is 11.8 Å². The van der Waals surface area contributed by atoms with E-state index < -0.39 is 5.97 Å². The fourth-order valence-corrected chi connectivity index (χ4v) is 3.51. The predicted octanol–water partition coefficient (Wildman–Crippen LogP) is 4.40. The maximum atomic E-state index is 10.9. The van der Waals surface area contributed by atoms with Crippen molar-refractivity contribution in [1.82, 2.24) is 4.98 Å². The van der Waals surface area contributed by atoms with Crippen LogP contribution in [0, 0.1) is 5.92 Å². The van der Waals surface area contributed by atoms with E-state index in [0.29, 0.717) is 5.92 Å². The third-order valence-electron chi connectivity index (χ3n) is 2.62. The van der Waals surface area contributed by atoms with Crippen molar-refractivity contribution in [2.24, 2.45) is 5.92 Å². The summed E-state index contributed by atoms with van der Waals surface area (Å²) in [6.45, 7) is 4.43. The molecule has 1 aromatic heterocycles. The summed E-state index contributed by atoms with van der Waals surface area (Å²) in [6.07, 6.45) is 0. The number of hydrogen-bond donors (Lipinski definition) is 1. The van der Waals surface area contributed by atoms with Gasteiger partial charge in [-0.1, -0.05) is 32.0 Å². The second-order valence-electron chi connectivity index (χ2n) is 4.95. The van der Waals surface area contributed by atoms with Crippen molar-refractivity contribution in [3.05, 3.63) is 40.9 Å². The molecule has 0 aliphatic heterocycles. The number of thioether (sulfide) groups is 1. The van der Waals surface area contributed by atoms with Gasteiger partial charge >= 0.3 is 5.97 Å². The number of carbonyl (C=O) groups is 1. The first-order valence-corrected chi connectivity index (χ1v) is 8.45. The molecular weight excluding hydrogens is 290 g/mol. The quantitative estimate of drug-likeness (QED) is 0.859. The van der Waals surface area contributed by atoms with Crippen LogP contribution in [-0.2, 0) is 5.75 Å². The van der Waals surface area contributed by atoms with Crippen LogP contribution in [0.3, 0.4) is 0 Å². The summed E-state index contributed by atoms with van der Waals surface area (Å²) in [5, 5.41) is 11.3. The van der Waals surface area contributed by atoms with E-state index in [2.05, 4.69) is 31.0 Å². The van der Waals surface area contributed by atoms with Gasteiger partial charge in [0.1, 0.15) is 5.01 Å². The van der Waals surface area contributed by atoms with E-state index in [1.807, 2.05) is 23.9 Å². The molecule has 0 radical (unpaired) electrons. The second-order valence-corrected chi connectivity index (χ2v) is 6.84. The van der Waals surface area contributed by atoms with Gasteiger partial charge in [-0.3, -0.25) is 0 Å². The molecule has 1 N–H and O–H groups in total. The molecule has 0 fully saturated rings. The van der Waals surface area contributed by atoms with E-state index in [9.17, 15) is 4.79 Å². The molecule has 0 spiro atoms. The van der Waals surface area contributed by atoms with Gasteiger partial charge in [0.05, 0.1) is 0 Å². The second kappa shape index (κ2) is 6.90. The van der Waals surface area contributed by atoms with E-state index in [0.717, 1.165) is 22.1 Å². The van der Waals surface area contributed by atoms with Gasteiger partial charge in [-0.15, -0.1) is 11.3 Å². The maximum absolute atomic E-state index is 10.9. The highest BCUT2D eigenvalue weighted by Gasteiger charge is 2.10. The molecule has 106 valence electrons. The number of thiazole rings is 1. The van der Waals surface area contributed by atoms with Crippen molar-refractivity contribution in [2.45, 2.75) is 19.6 Å². The summed E-state index contributed by atoms with van der Waals surface area (Å²) in [7, 11) is 0. The SMILES string of the molecule is CC(C)CSCc1cccc(-c2nc(C(=O)O)cs2)c1. The Morgan fingerprint density at radius 2 is 2.25 bits per heavy atom. The molecular formula is C15H17NO2S2. The summed E-state index contributed by atoms with van der Waals surface area (Å²) in [6, 6.07) is 8.17. The lowest BCUT2D eigenvalue weighted by Gasteiger charge is -2.05. The lowest BCUT2D eigenvalue weighted by molar-refractivity contribution is 0.0691. The molecule has 0 aliphatic rings. The van der Waals surface area contributed by atoms with Gasteiger partial charge in [-0.25, -0.2) is 9.78 Å². The van der Waals surface area contributed by atoms with Gasteiger partial charge in [0.25, 0.3) is 0 Å². The van der Waals surface area contributed by atoms with Crippen molar-refractivity contribution >= 4 is 29.1 Å². The first kappa shape index (κ1) is 15.1. The Bertz CT molecular complexity index is 593. The standard InChI is InChI=1S/C15H17NO2S2/c1-10(2)7-19-8-11-4-3-5-12(6-11)14-16-13(9-20-14)15(17)18/h3-6,9-10H,7-8H2,1-2H3,(H,17,18). The molecule has 0 saturated carbocycles. The predicted molar refractivity (Wildman–Crippen MR) is 85.5 cm³/mol. The van der Waals surface area contributed by atoms with Gasteiger partial charge in [-0.05, 0) is 23.3 Å². The molecule has 0 bridgehead atoms. The molecule has 2 aromatic rings. The van der Waals surface area contributed by atoms with Crippen LogP contribution in [0.2, 0.25) is 0 Å². The highest BCUT2D eigenvalue weighted by atomic mass is 32.2. The van der Waals surface area contributed by atoms with Crippen LogP contribution < -0.4 is 0 Å². The molecule has 3 nitrogen and oxygen atoms in total. The fourth-order valence-electron chi connectivity index (χ4n) is 1.71. The first-order chi connectivity index (χ1) is 9.56. The summed E-state index contributed by atoms with van der Waals surface area (Å²) >= 11 is 3.29. The minimum Gasteiger partial charge on any atom is -0.476 e. The molecule has 5 heteroatoms. The Morgan fingerprint density at radius 3 is 2.90 bits per heavy atom. The van der Waals surface area contributed by atoms with Crippen LogP contribution >= 0.6 is 23.1 Å². The van der Waals surface area contributed by atoms with Crippen LogP contribution in [0.1, 0.15) is 29.9 Å². The van der Waals surface area contributed by atoms with E-state index in [1.165, 1.54) is 16.9 Å². The molecule has 0 atom stereocenters. The Hall–Kier alpha value is -1.33. The van der Waals surface area contributed by atoms with Crippen molar-refractivity contribution in [3.8, 4) is 10.6 Å². The summed E-state index contributed by atoms with van der Waals surface area (Å²) < 4.78 is 0. The van der Waals surface area contributed by atoms with Gasteiger partial charge in [0.15, 0.2) is 5.69 Å². The summed E-state index contributed by atoms with van der Waals surface area (Å²) in [5.74, 6) is 1.84. The summed E-state index contributed by atoms with van der Waals surface area (Å²) in [4.78, 5) is 15.0. The lowest BCUT2D eigenvalue weighted by Crippen LogP contribution is -1.95. The Labute approximate surface area is 127 Å². The van der Waals surface area contributed by atoms with E-state index >= 15 is 0 Å². The van der Waals surface area contributed by atoms with Crippen molar-refractivity contribution in [1.29, 1.82) is 0 Å². The van der Waals surface area contributed by atoms with Crippen molar-refractivity contribution in [3.63, 3.8) is 0 Å². The molecule has 0 amide bonds. The van der Waals surface area contributed by atoms with Crippen LogP contribution in [0.15, 0.2) is 29.6 Å². The third-order valence-corrected chi connectivity index (χ3v) is 4.95. The smallest absolute Gasteiger partial charge is 0.355 e. The highest BCUT2D eigenvalue weighted by Crippen LogP contribution is 2.26. The van der Waals surface area contributed by atoms with Crippen molar-refractivity contribution in [2.75, 3.05) is 5.75 Å². The van der Waals surface area contributed by atoms with Gasteiger partial charge < -0.3 is 5.11 Å². The molecule has 0 saturated heterocycles. The van der Waals surface area contributed by atoms with Crippen LogP contribution in [-0.4, -0.2) is 21.8 Å². The fraction of sp³-hybridized carbons (Fsp3) is 0.333. The van der Waals surface area contributed by atoms with E-state index in [1.54, 1.807) is 5.38 Å². The zero-order chi connectivity index (χ0) is 14.5.